The molecule has 0 aliphatic carbocycles. The topological polar surface area (TPSA) is 69.1 Å². The number of anilines is 1. The molecule has 62 valence electrons. The van der Waals surface area contributed by atoms with E-state index >= 15 is 0 Å². The molecular formula is C9H10N2O. The molecule has 0 amide bonds. The molecule has 4 N–H and O–H groups in total. The zero-order chi connectivity index (χ0) is 8.97. The summed E-state index contributed by atoms with van der Waals surface area (Å²) in [4.78, 5) is 10.4. The molecule has 0 saturated carbocycles. The molecule has 0 aromatic heterocycles. The summed E-state index contributed by atoms with van der Waals surface area (Å²) in [5.74, 6) is 0. The fourth-order valence-electron chi connectivity index (χ4n) is 0.915. The minimum atomic E-state index is 0.595. The fourth-order valence-corrected chi connectivity index (χ4v) is 0.915. The number of nitrogens with two attached hydrogens (primary N) is 2. The summed E-state index contributed by atoms with van der Waals surface area (Å²) in [5.41, 5.74) is 12.8. The molecule has 1 aromatic carbocycles. The van der Waals surface area contributed by atoms with Crippen LogP contribution in [0.1, 0.15) is 15.9 Å². The molecule has 0 fully saturated rings. The van der Waals surface area contributed by atoms with E-state index in [0.717, 1.165) is 11.8 Å². The first-order valence-electron chi connectivity index (χ1n) is 3.51. The summed E-state index contributed by atoms with van der Waals surface area (Å²) in [6.45, 7) is 0. The van der Waals surface area contributed by atoms with Crippen LogP contribution in [0.2, 0.25) is 0 Å². The van der Waals surface area contributed by atoms with Crippen molar-refractivity contribution in [2.45, 2.75) is 0 Å². The van der Waals surface area contributed by atoms with Gasteiger partial charge in [-0.2, -0.15) is 0 Å². The molecular weight excluding hydrogens is 152 g/mol. The molecule has 0 radical (unpaired) electrons. The maximum absolute atomic E-state index is 10.4. The molecule has 0 unspecified atom stereocenters. The normalized spacial score (nSPS) is 10.3. The lowest BCUT2D eigenvalue weighted by Crippen LogP contribution is -1.91. The van der Waals surface area contributed by atoms with Gasteiger partial charge in [0.25, 0.3) is 0 Å². The van der Waals surface area contributed by atoms with E-state index in [-0.39, 0.29) is 0 Å². The molecule has 0 spiro atoms. The second-order valence-corrected chi connectivity index (χ2v) is 2.37. The molecule has 0 atom stereocenters. The van der Waals surface area contributed by atoms with Gasteiger partial charge in [-0.05, 0) is 36.0 Å². The Morgan fingerprint density at radius 3 is 2.67 bits per heavy atom. The van der Waals surface area contributed by atoms with E-state index in [0.29, 0.717) is 11.3 Å². The number of carbonyl (C=O) groups excluding carboxylic acids is 1. The monoisotopic (exact) mass is 162 g/mol. The standard InChI is InChI=1S/C9H10N2O/c10-4-3-8-5-7(6-12)1-2-9(8)11/h1-6H,10-11H2/b4-3-. The van der Waals surface area contributed by atoms with Gasteiger partial charge < -0.3 is 11.5 Å². The van der Waals surface area contributed by atoms with Crippen LogP contribution in [-0.2, 0) is 0 Å². The van der Waals surface area contributed by atoms with Gasteiger partial charge in [0, 0.05) is 11.3 Å². The summed E-state index contributed by atoms with van der Waals surface area (Å²) < 4.78 is 0. The number of aldehydes is 1. The predicted octanol–water partition coefficient (Wildman–Crippen LogP) is 1.01. The Labute approximate surface area is 70.7 Å². The van der Waals surface area contributed by atoms with Crippen molar-refractivity contribution in [3.8, 4) is 0 Å². The number of hydrogen-bond acceptors (Lipinski definition) is 3. The highest BCUT2D eigenvalue weighted by molar-refractivity contribution is 5.79. The van der Waals surface area contributed by atoms with Gasteiger partial charge in [-0.1, -0.05) is 0 Å². The van der Waals surface area contributed by atoms with Gasteiger partial charge in [0.15, 0.2) is 0 Å². The summed E-state index contributed by atoms with van der Waals surface area (Å²) in [6.07, 6.45) is 3.82. The molecule has 1 aromatic rings. The van der Waals surface area contributed by atoms with Crippen molar-refractivity contribution in [1.29, 1.82) is 0 Å². The molecule has 0 saturated heterocycles. The first-order valence-corrected chi connectivity index (χ1v) is 3.51. The third kappa shape index (κ3) is 1.63. The molecule has 12 heavy (non-hydrogen) atoms. The lowest BCUT2D eigenvalue weighted by Gasteiger charge is -1.99. The highest BCUT2D eigenvalue weighted by Gasteiger charge is 1.95. The maximum Gasteiger partial charge on any atom is 0.150 e. The van der Waals surface area contributed by atoms with E-state index in [1.165, 1.54) is 6.20 Å². The average Bonchev–Trinajstić information content (AvgIpc) is 2.09. The van der Waals surface area contributed by atoms with Crippen LogP contribution in [0.5, 0.6) is 0 Å². The van der Waals surface area contributed by atoms with Gasteiger partial charge in [0.1, 0.15) is 6.29 Å². The lowest BCUT2D eigenvalue weighted by molar-refractivity contribution is 0.112. The zero-order valence-corrected chi connectivity index (χ0v) is 6.53. The van der Waals surface area contributed by atoms with Gasteiger partial charge in [-0.15, -0.1) is 0 Å². The number of carbonyl (C=O) groups is 1. The zero-order valence-electron chi connectivity index (χ0n) is 6.53. The van der Waals surface area contributed by atoms with E-state index in [4.69, 9.17) is 11.5 Å². The van der Waals surface area contributed by atoms with E-state index in [9.17, 15) is 4.79 Å². The van der Waals surface area contributed by atoms with Crippen LogP contribution in [-0.4, -0.2) is 6.29 Å². The Hall–Kier alpha value is -1.77. The molecule has 3 heteroatoms. The largest absolute Gasteiger partial charge is 0.405 e. The number of nitrogen functional groups attached to an aromatic ring is 1. The molecule has 3 nitrogen and oxygen atoms in total. The molecule has 0 heterocycles. The lowest BCUT2D eigenvalue weighted by atomic mass is 10.1. The van der Waals surface area contributed by atoms with Crippen LogP contribution in [0, 0.1) is 0 Å². The van der Waals surface area contributed by atoms with E-state index in [2.05, 4.69) is 0 Å². The SMILES string of the molecule is N/C=C\c1cc(C=O)ccc1N. The summed E-state index contributed by atoms with van der Waals surface area (Å²) in [7, 11) is 0. The predicted molar refractivity (Wildman–Crippen MR) is 49.5 cm³/mol. The van der Waals surface area contributed by atoms with Gasteiger partial charge in [-0.3, -0.25) is 4.79 Å². The Morgan fingerprint density at radius 1 is 1.33 bits per heavy atom. The van der Waals surface area contributed by atoms with Gasteiger partial charge in [-0.25, -0.2) is 0 Å². The molecule has 0 aliphatic rings. The van der Waals surface area contributed by atoms with Crippen LogP contribution < -0.4 is 11.5 Å². The second kappa shape index (κ2) is 3.57. The maximum atomic E-state index is 10.4. The Kier molecular flexibility index (Phi) is 2.48. The van der Waals surface area contributed by atoms with Crippen molar-refractivity contribution in [3.05, 3.63) is 35.5 Å². The fraction of sp³-hybridized carbons (Fsp3) is 0. The van der Waals surface area contributed by atoms with Crippen molar-refractivity contribution in [2.24, 2.45) is 5.73 Å². The van der Waals surface area contributed by atoms with Crippen molar-refractivity contribution in [2.75, 3.05) is 5.73 Å². The van der Waals surface area contributed by atoms with Crippen molar-refractivity contribution < 1.29 is 4.79 Å². The Balaban J connectivity index is 3.16. The van der Waals surface area contributed by atoms with Gasteiger partial charge in [0.05, 0.1) is 0 Å². The van der Waals surface area contributed by atoms with Crippen LogP contribution in [0.3, 0.4) is 0 Å². The first kappa shape index (κ1) is 8.33. The summed E-state index contributed by atoms with van der Waals surface area (Å²) >= 11 is 0. The Bertz CT molecular complexity index is 318. The number of benzene rings is 1. The number of hydrogen-bond donors (Lipinski definition) is 2. The van der Waals surface area contributed by atoms with Crippen molar-refractivity contribution in [1.82, 2.24) is 0 Å². The van der Waals surface area contributed by atoms with Crippen molar-refractivity contribution >= 4 is 18.0 Å². The first-order chi connectivity index (χ1) is 5.77. The quantitative estimate of drug-likeness (QED) is 0.503. The second-order valence-electron chi connectivity index (χ2n) is 2.37. The van der Waals surface area contributed by atoms with Crippen LogP contribution in [0.15, 0.2) is 24.4 Å². The van der Waals surface area contributed by atoms with Crippen LogP contribution in [0.25, 0.3) is 6.08 Å². The van der Waals surface area contributed by atoms with Crippen LogP contribution >= 0.6 is 0 Å². The highest BCUT2D eigenvalue weighted by atomic mass is 16.1. The third-order valence-corrected chi connectivity index (χ3v) is 1.52. The summed E-state index contributed by atoms with van der Waals surface area (Å²) in [5, 5.41) is 0. The van der Waals surface area contributed by atoms with E-state index in [1.807, 2.05) is 0 Å². The highest BCUT2D eigenvalue weighted by Crippen LogP contribution is 2.14. The minimum absolute atomic E-state index is 0.595. The third-order valence-electron chi connectivity index (χ3n) is 1.52. The molecule has 0 bridgehead atoms. The molecule has 0 aliphatic heterocycles. The smallest absolute Gasteiger partial charge is 0.150 e. The van der Waals surface area contributed by atoms with Crippen molar-refractivity contribution in [3.63, 3.8) is 0 Å². The summed E-state index contributed by atoms with van der Waals surface area (Å²) in [6, 6.07) is 5.03. The number of rotatable bonds is 2. The molecule has 1 rings (SSSR count). The average molecular weight is 162 g/mol. The van der Waals surface area contributed by atoms with Gasteiger partial charge >= 0.3 is 0 Å². The van der Waals surface area contributed by atoms with Gasteiger partial charge in [0.2, 0.25) is 0 Å². The van der Waals surface area contributed by atoms with Crippen LogP contribution in [0.4, 0.5) is 5.69 Å². The minimum Gasteiger partial charge on any atom is -0.405 e. The Morgan fingerprint density at radius 2 is 2.08 bits per heavy atom. The van der Waals surface area contributed by atoms with E-state index < -0.39 is 0 Å². The van der Waals surface area contributed by atoms with E-state index in [1.54, 1.807) is 24.3 Å².